The minimum absolute atomic E-state index is 0.791. The molecule has 0 aliphatic heterocycles. The molecule has 0 aliphatic rings. The molecule has 0 atom stereocenters. The Morgan fingerprint density at radius 2 is 2.07 bits per heavy atom. The third-order valence-corrected chi connectivity index (χ3v) is 2.52. The molecule has 0 saturated carbocycles. The largest absolute Gasteiger partial charge is 0.399 e. The lowest BCUT2D eigenvalue weighted by Crippen LogP contribution is -2.04. The molecule has 0 heterocycles. The average molecular weight is 206 g/mol. The second-order valence-electron chi connectivity index (χ2n) is 4.54. The molecular weight excluding hydrogens is 184 g/mol. The summed E-state index contributed by atoms with van der Waals surface area (Å²) in [6.45, 7) is 7.65. The average Bonchev–Trinajstić information content (AvgIpc) is 2.14. The summed E-state index contributed by atoms with van der Waals surface area (Å²) in [7, 11) is 0. The molecule has 2 nitrogen and oxygen atoms in total. The highest BCUT2D eigenvalue weighted by Crippen LogP contribution is 2.17. The number of rotatable bonds is 5. The van der Waals surface area contributed by atoms with E-state index in [9.17, 15) is 0 Å². The molecule has 3 N–H and O–H groups in total. The van der Waals surface area contributed by atoms with E-state index in [1.807, 2.05) is 12.1 Å². The molecule has 1 aromatic carbocycles. The third kappa shape index (κ3) is 4.24. The van der Waals surface area contributed by atoms with Gasteiger partial charge < -0.3 is 11.1 Å². The molecule has 0 radical (unpaired) electrons. The molecular formula is C13H22N2. The molecule has 15 heavy (non-hydrogen) atoms. The Bertz CT molecular complexity index is 305. The Hall–Kier alpha value is -1.18. The van der Waals surface area contributed by atoms with Crippen LogP contribution in [0.1, 0.15) is 32.3 Å². The van der Waals surface area contributed by atoms with Crippen molar-refractivity contribution in [2.24, 2.45) is 5.92 Å². The Balaban J connectivity index is 2.37. The second-order valence-corrected chi connectivity index (χ2v) is 4.54. The number of hydrogen-bond donors (Lipinski definition) is 2. The van der Waals surface area contributed by atoms with Crippen LogP contribution < -0.4 is 11.1 Å². The Kier molecular flexibility index (Phi) is 4.47. The lowest BCUT2D eigenvalue weighted by molar-refractivity contribution is 0.567. The van der Waals surface area contributed by atoms with Crippen molar-refractivity contribution in [1.82, 2.24) is 0 Å². The first-order valence-corrected chi connectivity index (χ1v) is 5.69. The van der Waals surface area contributed by atoms with E-state index < -0.39 is 0 Å². The van der Waals surface area contributed by atoms with Crippen molar-refractivity contribution in [3.63, 3.8) is 0 Å². The zero-order chi connectivity index (χ0) is 11.3. The molecule has 0 amide bonds. The van der Waals surface area contributed by atoms with E-state index in [-0.39, 0.29) is 0 Å². The molecule has 0 aliphatic carbocycles. The number of nitrogen functional groups attached to an aromatic ring is 1. The number of aryl methyl sites for hydroxylation is 1. The standard InChI is InChI=1S/C13H22N2/c1-10(2)5-4-8-15-13-7-6-12(14)9-11(13)3/h6-7,9-10,15H,4-5,8,14H2,1-3H3. The first-order valence-electron chi connectivity index (χ1n) is 5.69. The zero-order valence-corrected chi connectivity index (χ0v) is 10.0. The number of nitrogens with two attached hydrogens (primary N) is 1. The summed E-state index contributed by atoms with van der Waals surface area (Å²) in [5.41, 5.74) is 8.95. The van der Waals surface area contributed by atoms with Gasteiger partial charge >= 0.3 is 0 Å². The summed E-state index contributed by atoms with van der Waals surface area (Å²) in [6, 6.07) is 6.00. The molecule has 0 fully saturated rings. The molecule has 0 bridgehead atoms. The summed E-state index contributed by atoms with van der Waals surface area (Å²) in [4.78, 5) is 0. The normalized spacial score (nSPS) is 10.7. The SMILES string of the molecule is Cc1cc(N)ccc1NCCCC(C)C. The van der Waals surface area contributed by atoms with Crippen LogP contribution in [0.4, 0.5) is 11.4 Å². The molecule has 2 heteroatoms. The van der Waals surface area contributed by atoms with Crippen molar-refractivity contribution in [3.05, 3.63) is 23.8 Å². The first kappa shape index (κ1) is 11.9. The first-order chi connectivity index (χ1) is 7.09. The van der Waals surface area contributed by atoms with Crippen LogP contribution in [0, 0.1) is 12.8 Å². The number of nitrogens with one attached hydrogen (secondary N) is 1. The highest BCUT2D eigenvalue weighted by Gasteiger charge is 1.98. The van der Waals surface area contributed by atoms with E-state index in [1.165, 1.54) is 24.1 Å². The maximum atomic E-state index is 5.69. The van der Waals surface area contributed by atoms with E-state index in [0.717, 1.165) is 18.2 Å². The van der Waals surface area contributed by atoms with Gasteiger partial charge in [0, 0.05) is 17.9 Å². The van der Waals surface area contributed by atoms with E-state index >= 15 is 0 Å². The number of hydrogen-bond acceptors (Lipinski definition) is 2. The van der Waals surface area contributed by atoms with Crippen molar-refractivity contribution in [1.29, 1.82) is 0 Å². The van der Waals surface area contributed by atoms with Gasteiger partial charge in [0.2, 0.25) is 0 Å². The minimum Gasteiger partial charge on any atom is -0.399 e. The van der Waals surface area contributed by atoms with Crippen molar-refractivity contribution in [2.75, 3.05) is 17.6 Å². The van der Waals surface area contributed by atoms with Gasteiger partial charge in [0.15, 0.2) is 0 Å². The van der Waals surface area contributed by atoms with Crippen molar-refractivity contribution in [3.8, 4) is 0 Å². The van der Waals surface area contributed by atoms with Crippen LogP contribution in [0.15, 0.2) is 18.2 Å². The zero-order valence-electron chi connectivity index (χ0n) is 10.0. The van der Waals surface area contributed by atoms with Crippen LogP contribution >= 0.6 is 0 Å². The van der Waals surface area contributed by atoms with Gasteiger partial charge in [-0.1, -0.05) is 13.8 Å². The maximum absolute atomic E-state index is 5.69. The monoisotopic (exact) mass is 206 g/mol. The third-order valence-electron chi connectivity index (χ3n) is 2.52. The molecule has 0 spiro atoms. The summed E-state index contributed by atoms with van der Waals surface area (Å²) in [5.74, 6) is 0.791. The topological polar surface area (TPSA) is 38.0 Å². The van der Waals surface area contributed by atoms with Gasteiger partial charge in [-0.2, -0.15) is 0 Å². The Labute approximate surface area is 92.9 Å². The molecule has 0 unspecified atom stereocenters. The lowest BCUT2D eigenvalue weighted by Gasteiger charge is -2.10. The highest BCUT2D eigenvalue weighted by atomic mass is 14.9. The van der Waals surface area contributed by atoms with E-state index in [0.29, 0.717) is 0 Å². The van der Waals surface area contributed by atoms with E-state index in [4.69, 9.17) is 5.73 Å². The van der Waals surface area contributed by atoms with Gasteiger partial charge in [-0.15, -0.1) is 0 Å². The van der Waals surface area contributed by atoms with Crippen LogP contribution in [0.2, 0.25) is 0 Å². The fourth-order valence-corrected chi connectivity index (χ4v) is 1.62. The van der Waals surface area contributed by atoms with Crippen LogP contribution in [0.25, 0.3) is 0 Å². The van der Waals surface area contributed by atoms with Crippen LogP contribution in [-0.4, -0.2) is 6.54 Å². The fraction of sp³-hybridized carbons (Fsp3) is 0.538. The Morgan fingerprint density at radius 1 is 1.33 bits per heavy atom. The van der Waals surface area contributed by atoms with Crippen molar-refractivity contribution >= 4 is 11.4 Å². The molecule has 0 aromatic heterocycles. The van der Waals surface area contributed by atoms with Crippen LogP contribution in [0.3, 0.4) is 0 Å². The van der Waals surface area contributed by atoms with Gasteiger partial charge in [-0.05, 0) is 49.4 Å². The molecule has 1 aromatic rings. The predicted octanol–water partition coefficient (Wildman–Crippen LogP) is 3.43. The summed E-state index contributed by atoms with van der Waals surface area (Å²) < 4.78 is 0. The Morgan fingerprint density at radius 3 is 2.67 bits per heavy atom. The summed E-state index contributed by atoms with van der Waals surface area (Å²) in [6.07, 6.45) is 2.50. The minimum atomic E-state index is 0.791. The summed E-state index contributed by atoms with van der Waals surface area (Å²) in [5, 5.41) is 3.44. The van der Waals surface area contributed by atoms with Crippen LogP contribution in [-0.2, 0) is 0 Å². The van der Waals surface area contributed by atoms with Gasteiger partial charge in [-0.3, -0.25) is 0 Å². The second kappa shape index (κ2) is 5.64. The van der Waals surface area contributed by atoms with Gasteiger partial charge in [0.05, 0.1) is 0 Å². The van der Waals surface area contributed by atoms with E-state index in [2.05, 4.69) is 32.2 Å². The van der Waals surface area contributed by atoms with Crippen molar-refractivity contribution < 1.29 is 0 Å². The van der Waals surface area contributed by atoms with Gasteiger partial charge in [-0.25, -0.2) is 0 Å². The molecule has 1 rings (SSSR count). The molecule has 0 saturated heterocycles. The van der Waals surface area contributed by atoms with Gasteiger partial charge in [0.1, 0.15) is 0 Å². The van der Waals surface area contributed by atoms with E-state index in [1.54, 1.807) is 0 Å². The maximum Gasteiger partial charge on any atom is 0.0371 e. The fourth-order valence-electron chi connectivity index (χ4n) is 1.62. The molecule has 84 valence electrons. The number of anilines is 2. The highest BCUT2D eigenvalue weighted by molar-refractivity contribution is 5.57. The summed E-state index contributed by atoms with van der Waals surface area (Å²) >= 11 is 0. The van der Waals surface area contributed by atoms with Crippen molar-refractivity contribution in [2.45, 2.75) is 33.6 Å². The lowest BCUT2D eigenvalue weighted by atomic mass is 10.1. The number of benzene rings is 1. The van der Waals surface area contributed by atoms with Gasteiger partial charge in [0.25, 0.3) is 0 Å². The van der Waals surface area contributed by atoms with Crippen LogP contribution in [0.5, 0.6) is 0 Å². The smallest absolute Gasteiger partial charge is 0.0371 e. The predicted molar refractivity (Wildman–Crippen MR) is 68.2 cm³/mol. The quantitative estimate of drug-likeness (QED) is 0.572.